The van der Waals surface area contributed by atoms with E-state index in [1.54, 1.807) is 25.0 Å². The Morgan fingerprint density at radius 3 is 2.77 bits per heavy atom. The van der Waals surface area contributed by atoms with Crippen LogP contribution in [-0.4, -0.2) is 39.8 Å². The predicted octanol–water partition coefficient (Wildman–Crippen LogP) is 7.39. The fourth-order valence-electron chi connectivity index (χ4n) is 6.79. The first kappa shape index (κ1) is 34.3. The van der Waals surface area contributed by atoms with Gasteiger partial charge < -0.3 is 10.5 Å². The Hall–Kier alpha value is -5.09. The average molecular weight is 647 g/mol. The minimum atomic E-state index is -0.442. The maximum Gasteiger partial charge on any atom is 0.166 e. The molecule has 0 amide bonds. The van der Waals surface area contributed by atoms with Gasteiger partial charge >= 0.3 is 0 Å². The molecule has 2 aliphatic heterocycles. The lowest BCUT2D eigenvalue weighted by atomic mass is 9.83. The lowest BCUT2D eigenvalue weighted by Gasteiger charge is -2.28. The molecule has 2 N–H and O–H groups in total. The number of rotatable bonds is 8. The molecule has 48 heavy (non-hydrogen) atoms. The van der Waals surface area contributed by atoms with Crippen LogP contribution in [0.25, 0.3) is 5.57 Å². The molecule has 2 aromatic heterocycles. The largest absolute Gasteiger partial charge is 0.482 e. The van der Waals surface area contributed by atoms with E-state index in [0.717, 1.165) is 64.9 Å². The lowest BCUT2D eigenvalue weighted by Crippen LogP contribution is -2.25. The van der Waals surface area contributed by atoms with E-state index in [1.165, 1.54) is 12.1 Å². The number of anilines is 1. The number of dihydropyridines is 1. The van der Waals surface area contributed by atoms with Crippen molar-refractivity contribution in [2.45, 2.75) is 83.8 Å². The van der Waals surface area contributed by atoms with E-state index >= 15 is 0 Å². The molecule has 248 valence electrons. The van der Waals surface area contributed by atoms with Gasteiger partial charge in [0.05, 0.1) is 17.8 Å². The molecule has 0 fully saturated rings. The fraction of sp³-hybridized carbons (Fsp3) is 0.421. The molecule has 0 saturated heterocycles. The zero-order chi connectivity index (χ0) is 34.4. The first-order valence-electron chi connectivity index (χ1n) is 16.6. The van der Waals surface area contributed by atoms with Crippen molar-refractivity contribution in [2.24, 2.45) is 23.0 Å². The Kier molecular flexibility index (Phi) is 10.9. The van der Waals surface area contributed by atoms with Gasteiger partial charge in [-0.05, 0) is 74.3 Å². The van der Waals surface area contributed by atoms with Gasteiger partial charge in [0.1, 0.15) is 23.7 Å². The Labute approximate surface area is 282 Å². The average Bonchev–Trinajstić information content (AvgIpc) is 3.39. The van der Waals surface area contributed by atoms with Crippen LogP contribution in [0.15, 0.2) is 58.2 Å². The summed E-state index contributed by atoms with van der Waals surface area (Å²) >= 11 is 0. The van der Waals surface area contributed by atoms with Crippen LogP contribution in [0.2, 0.25) is 0 Å². The van der Waals surface area contributed by atoms with E-state index in [4.69, 9.17) is 15.5 Å². The van der Waals surface area contributed by atoms with Crippen molar-refractivity contribution in [1.82, 2.24) is 14.8 Å². The van der Waals surface area contributed by atoms with Gasteiger partial charge in [0.25, 0.3) is 0 Å². The van der Waals surface area contributed by atoms with E-state index in [0.29, 0.717) is 36.3 Å². The summed E-state index contributed by atoms with van der Waals surface area (Å²) in [6.07, 6.45) is 12.4. The first-order chi connectivity index (χ1) is 23.2. The van der Waals surface area contributed by atoms with Gasteiger partial charge in [-0.15, -0.1) is 0 Å². The minimum Gasteiger partial charge on any atom is -0.482 e. The second kappa shape index (κ2) is 15.2. The highest BCUT2D eigenvalue weighted by Crippen LogP contribution is 2.38. The smallest absolute Gasteiger partial charge is 0.166 e. The molecule has 10 heteroatoms. The molecule has 9 nitrogen and oxygen atoms in total. The first-order valence-corrected chi connectivity index (χ1v) is 16.6. The van der Waals surface area contributed by atoms with E-state index in [1.807, 2.05) is 25.3 Å². The number of fused-ring (bicyclic) bond motifs is 5. The number of hydrogen-bond acceptors (Lipinski definition) is 8. The third-order valence-electron chi connectivity index (χ3n) is 9.24. The molecule has 0 saturated carbocycles. The highest BCUT2D eigenvalue weighted by atomic mass is 19.1. The second-order valence-corrected chi connectivity index (χ2v) is 12.6. The van der Waals surface area contributed by atoms with Gasteiger partial charge in [0.2, 0.25) is 0 Å². The van der Waals surface area contributed by atoms with Crippen LogP contribution < -0.4 is 10.5 Å². The number of halogens is 1. The molecule has 1 aromatic carbocycles. The number of pyridine rings is 1. The second-order valence-electron chi connectivity index (χ2n) is 12.6. The monoisotopic (exact) mass is 646 g/mol. The molecule has 0 aliphatic carbocycles. The zero-order valence-electron chi connectivity index (χ0n) is 28.4. The maximum atomic E-state index is 14.3. The van der Waals surface area contributed by atoms with Crippen molar-refractivity contribution >= 4 is 23.3 Å². The van der Waals surface area contributed by atoms with Crippen LogP contribution in [0, 0.1) is 34.4 Å². The fourth-order valence-corrected chi connectivity index (χ4v) is 6.79. The van der Waals surface area contributed by atoms with Crippen molar-refractivity contribution in [3.8, 4) is 17.9 Å². The summed E-state index contributed by atoms with van der Waals surface area (Å²) in [4.78, 5) is 14.0. The Morgan fingerprint density at radius 1 is 1.23 bits per heavy atom. The number of nitriles is 2. The number of allylic oxidation sites excluding steroid dienone is 3. The summed E-state index contributed by atoms with van der Waals surface area (Å²) in [7, 11) is 3.54. The summed E-state index contributed by atoms with van der Waals surface area (Å²) in [6, 6.07) is 11.4. The summed E-state index contributed by atoms with van der Waals surface area (Å²) in [6.45, 7) is 6.14. The molecular formula is C38H43FN8O. The van der Waals surface area contributed by atoms with Crippen LogP contribution in [0.4, 0.5) is 10.2 Å². The van der Waals surface area contributed by atoms with Gasteiger partial charge in [-0.1, -0.05) is 38.5 Å². The number of ether oxygens (including phenoxy) is 1. The van der Waals surface area contributed by atoms with Gasteiger partial charge in [-0.25, -0.2) is 9.37 Å². The van der Waals surface area contributed by atoms with Crippen molar-refractivity contribution in [3.63, 3.8) is 0 Å². The molecule has 5 rings (SSSR count). The Morgan fingerprint density at radius 2 is 2.04 bits per heavy atom. The van der Waals surface area contributed by atoms with Crippen molar-refractivity contribution in [1.29, 1.82) is 10.5 Å². The standard InChI is InChI=1S/C38H43FN8O/c1-6-9-32-37(34(20-41)47(5)46-32)26(21-43-4)12-7-10-23(2)33-16-27(19-40)36-28-17-35(38(42)44-22-28)48-24(3)30-18-29(39)15-14-25(30)11-8-13-31(36)45-33/h7,12,14-15,17-18,21-24,26,33H,6,8-11,13,16H2,1-5H3,(H2,42,44)/b12-7+,43-21?. The topological polar surface area (TPSA) is 138 Å². The number of nitrogens with zero attached hydrogens (tertiary/aromatic N) is 7. The summed E-state index contributed by atoms with van der Waals surface area (Å²) in [5, 5.41) is 24.9. The van der Waals surface area contributed by atoms with Gasteiger partial charge in [0.15, 0.2) is 11.6 Å². The van der Waals surface area contributed by atoms with E-state index in [2.05, 4.69) is 53.2 Å². The third-order valence-corrected chi connectivity index (χ3v) is 9.24. The number of nitrogens with two attached hydrogens (primary N) is 1. The molecule has 4 atom stereocenters. The number of aromatic nitrogens is 3. The number of aryl methyl sites for hydroxylation is 3. The molecule has 2 aliphatic rings. The molecule has 2 bridgehead atoms. The van der Waals surface area contributed by atoms with Crippen molar-refractivity contribution < 1.29 is 9.13 Å². The van der Waals surface area contributed by atoms with Gasteiger partial charge in [-0.2, -0.15) is 15.6 Å². The normalized spacial score (nSPS) is 19.3. The van der Waals surface area contributed by atoms with Gasteiger partial charge in [-0.3, -0.25) is 14.7 Å². The number of aliphatic imine (C=N–C) groups is 2. The molecule has 0 spiro atoms. The highest BCUT2D eigenvalue weighted by molar-refractivity contribution is 6.26. The molecular weight excluding hydrogens is 603 g/mol. The van der Waals surface area contributed by atoms with E-state index in [-0.39, 0.29) is 29.5 Å². The van der Waals surface area contributed by atoms with Crippen LogP contribution in [0.5, 0.6) is 5.75 Å². The lowest BCUT2D eigenvalue weighted by molar-refractivity contribution is 0.225. The van der Waals surface area contributed by atoms with Crippen LogP contribution >= 0.6 is 0 Å². The summed E-state index contributed by atoms with van der Waals surface area (Å²) in [5.74, 6) is 0.260. The van der Waals surface area contributed by atoms with Crippen LogP contribution in [0.1, 0.15) is 98.5 Å². The van der Waals surface area contributed by atoms with Gasteiger partial charge in [0, 0.05) is 66.8 Å². The van der Waals surface area contributed by atoms with Crippen molar-refractivity contribution in [2.75, 3.05) is 12.8 Å². The molecule has 0 radical (unpaired) electrons. The molecule has 4 heterocycles. The Balaban J connectivity index is 1.45. The quantitative estimate of drug-likeness (QED) is 0.200. The number of benzene rings is 1. The number of hydrogen-bond donors (Lipinski definition) is 1. The zero-order valence-corrected chi connectivity index (χ0v) is 28.4. The summed E-state index contributed by atoms with van der Waals surface area (Å²) < 4.78 is 22.2. The third kappa shape index (κ3) is 7.23. The molecule has 3 aromatic rings. The highest BCUT2D eigenvalue weighted by Gasteiger charge is 2.29. The molecule has 4 unspecified atom stereocenters. The van der Waals surface area contributed by atoms with Crippen molar-refractivity contribution in [3.05, 3.63) is 87.6 Å². The maximum absolute atomic E-state index is 14.3. The van der Waals surface area contributed by atoms with E-state index < -0.39 is 6.10 Å². The van der Waals surface area contributed by atoms with E-state index in [9.17, 15) is 14.9 Å². The summed E-state index contributed by atoms with van der Waals surface area (Å²) in [5.41, 5.74) is 13.4. The Bertz CT molecular complexity index is 1870. The SMILES string of the molecule is CCCc1nn(C)c(C#N)c1C(C=NC)/C=C/CC(C)C1CC(C#N)=C2C(=N1)CCCc1ccc(F)cc1C(C)Oc1cc2cnc1N. The minimum absolute atomic E-state index is 0.100. The predicted molar refractivity (Wildman–Crippen MR) is 187 cm³/mol. The number of nitrogen functional groups attached to an aromatic ring is 1. The van der Waals surface area contributed by atoms with Crippen LogP contribution in [0.3, 0.4) is 0 Å². The van der Waals surface area contributed by atoms with Crippen LogP contribution in [-0.2, 0) is 19.9 Å².